The van der Waals surface area contributed by atoms with Crippen molar-refractivity contribution in [1.29, 1.82) is 0 Å². The summed E-state index contributed by atoms with van der Waals surface area (Å²) in [5.41, 5.74) is 0. The fraction of sp³-hybridized carbons (Fsp3) is 0. The van der Waals surface area contributed by atoms with Crippen molar-refractivity contribution in [2.75, 3.05) is 0 Å². The number of phosphoric acid groups is 2. The molecule has 0 aliphatic heterocycles. The number of hydrogen-bond acceptors (Lipinski definition) is 6. The van der Waals surface area contributed by atoms with Gasteiger partial charge in [-0.3, -0.25) is 0 Å². The van der Waals surface area contributed by atoms with Crippen molar-refractivity contribution in [3.63, 3.8) is 0 Å². The molecule has 96 valence electrons. The van der Waals surface area contributed by atoms with E-state index in [1.54, 1.807) is 0 Å². The van der Waals surface area contributed by atoms with Crippen LogP contribution in [0.2, 0.25) is 0 Å². The molecule has 0 aromatic carbocycles. The van der Waals surface area contributed by atoms with Gasteiger partial charge in [-0.25, -0.2) is 9.36 Å². The second kappa shape index (κ2) is 21.7. The van der Waals surface area contributed by atoms with Crippen molar-refractivity contribution < 1.29 is 148 Å². The number of carbonyl (C=O) groups is 1. The zero-order valence-corrected chi connectivity index (χ0v) is 17.4. The summed E-state index contributed by atoms with van der Waals surface area (Å²) >= 11 is 0. The molecule has 7 N–H and O–H groups in total. The van der Waals surface area contributed by atoms with Gasteiger partial charge in [-0.1, -0.05) is 0 Å². The van der Waals surface area contributed by atoms with Gasteiger partial charge >= 0.3 is 103 Å². The summed E-state index contributed by atoms with van der Waals surface area (Å²) in [6, 6.07) is 0. The summed E-state index contributed by atoms with van der Waals surface area (Å²) in [4.78, 5) is 54.4. The van der Waals surface area contributed by atoms with Gasteiger partial charge in [0.05, 0.1) is 7.82 Å². The Kier molecular flexibility index (Phi) is 51.7. The van der Waals surface area contributed by atoms with Gasteiger partial charge in [-0.2, -0.15) is 0 Å². The predicted octanol–water partition coefficient (Wildman–Crippen LogP) is -12.1. The van der Waals surface area contributed by atoms with Crippen LogP contribution in [0.1, 0.15) is 0 Å². The quantitative estimate of drug-likeness (QED) is 0.177. The van der Waals surface area contributed by atoms with E-state index < -0.39 is 21.8 Å². The summed E-state index contributed by atoms with van der Waals surface area (Å²) in [6.45, 7) is 0. The minimum Gasteiger partial charge on any atom is -0.870 e. The smallest absolute Gasteiger partial charge is 0.870 e. The van der Waals surface area contributed by atoms with E-state index >= 15 is 0 Å². The van der Waals surface area contributed by atoms with Gasteiger partial charge in [0.25, 0.3) is 0 Å². The molecule has 0 spiro atoms. The van der Waals surface area contributed by atoms with Gasteiger partial charge in [0.2, 0.25) is 0 Å². The van der Waals surface area contributed by atoms with Crippen LogP contribution < -0.4 is 98.5 Å². The average molecular weight is 342 g/mol. The second-order valence-electron chi connectivity index (χ2n) is 1.26. The molecule has 0 radical (unpaired) electrons. The van der Waals surface area contributed by atoms with Crippen molar-refractivity contribution in [2.45, 2.75) is 0 Å². The maximum atomic E-state index is 8.88. The third kappa shape index (κ3) is 936. The fourth-order valence-electron chi connectivity index (χ4n) is 0. The molecule has 17 heteroatoms. The van der Waals surface area contributed by atoms with Crippen molar-refractivity contribution in [3.8, 4) is 0 Å². The van der Waals surface area contributed by atoms with Gasteiger partial charge in [0.1, 0.15) is 0 Å². The summed E-state index contributed by atoms with van der Waals surface area (Å²) in [7, 11) is -9.78. The van der Waals surface area contributed by atoms with Crippen LogP contribution in [0, 0.1) is 0 Å². The van der Waals surface area contributed by atoms with E-state index in [-0.39, 0.29) is 94.1 Å². The van der Waals surface area contributed by atoms with Crippen LogP contribution in [0.4, 0.5) is 4.79 Å². The molecule has 0 saturated carbocycles. The van der Waals surface area contributed by atoms with Crippen molar-refractivity contribution in [3.05, 3.63) is 0 Å². The van der Waals surface area contributed by atoms with Crippen LogP contribution in [-0.2, 0) is 9.13 Å². The third-order valence-corrected chi connectivity index (χ3v) is 0. The first-order chi connectivity index (χ1) is 5.73. The minimum atomic E-state index is -5.14. The molecule has 0 saturated heterocycles. The molecule has 0 heterocycles. The maximum absolute atomic E-state index is 8.88. The van der Waals surface area contributed by atoms with E-state index in [4.69, 9.17) is 53.5 Å². The molecule has 0 aliphatic carbocycles. The first-order valence-electron chi connectivity index (χ1n) is 2.18. The van der Waals surface area contributed by atoms with Gasteiger partial charge in [-0.15, -0.1) is 0 Å². The average Bonchev–Trinajstić information content (AvgIpc) is 1.45. The molecule has 0 aromatic rings. The van der Waals surface area contributed by atoms with E-state index in [1.807, 2.05) is 0 Å². The molecule has 0 aromatic heterocycles. The Morgan fingerprint density at radius 2 is 0.833 bits per heavy atom. The maximum Gasteiger partial charge on any atom is 1.00 e. The van der Waals surface area contributed by atoms with E-state index in [0.29, 0.717) is 0 Å². The molecule has 0 atom stereocenters. The molecular weight excluding hydrogens is 335 g/mol. The van der Waals surface area contributed by atoms with E-state index in [2.05, 4.69) is 0 Å². The Morgan fingerprint density at radius 3 is 0.833 bits per heavy atom. The van der Waals surface area contributed by atoms with Crippen LogP contribution in [0.5, 0.6) is 0 Å². The monoisotopic (exact) mass is 342 g/mol. The Bertz CT molecular complexity index is 201. The van der Waals surface area contributed by atoms with Crippen molar-refractivity contribution >= 4 is 21.8 Å². The van der Waals surface area contributed by atoms with E-state index in [9.17, 15) is 0 Å². The first kappa shape index (κ1) is 42.8. The second-order valence-corrected chi connectivity index (χ2v) is 3.23. The topological polar surface area (TPSA) is 249 Å². The van der Waals surface area contributed by atoms with Crippen molar-refractivity contribution in [1.82, 2.24) is 0 Å². The first-order valence-corrected chi connectivity index (χ1v) is 5.24. The molecule has 18 heavy (non-hydrogen) atoms. The Labute approximate surface area is 167 Å². The van der Waals surface area contributed by atoms with Crippen LogP contribution in [-0.4, -0.2) is 41.4 Å². The van der Waals surface area contributed by atoms with E-state index in [0.717, 1.165) is 0 Å². The third-order valence-electron chi connectivity index (χ3n) is 0. The molecule has 0 amide bonds. The van der Waals surface area contributed by atoms with Crippen LogP contribution in [0.25, 0.3) is 0 Å². The van der Waals surface area contributed by atoms with Crippen molar-refractivity contribution in [2.24, 2.45) is 0 Å². The molecule has 0 rings (SSSR count). The summed E-state index contributed by atoms with van der Waals surface area (Å²) in [5.74, 6) is 0. The molecule has 0 fully saturated rings. The van der Waals surface area contributed by atoms with Gasteiger partial charge in [0, 0.05) is 0 Å². The minimum absolute atomic E-state index is 0. The van der Waals surface area contributed by atoms with Crippen LogP contribution in [0.15, 0.2) is 0 Å². The van der Waals surface area contributed by atoms with E-state index in [1.165, 1.54) is 0 Å². The zero-order chi connectivity index (χ0) is 12.6. The molecule has 0 unspecified atom stereocenters. The normalized spacial score (nSPS) is 7.89. The zero-order valence-electron chi connectivity index (χ0n) is 9.57. The SMILES string of the molecule is O=C(O)O.O=P(O)(O)O.O=P([O-])([O-])O.[Na+].[Na+].[Na+].[OH-]. The van der Waals surface area contributed by atoms with Crippen LogP contribution in [0.3, 0.4) is 0 Å². The summed E-state index contributed by atoms with van der Waals surface area (Å²) in [5, 5.41) is 13.9. The number of rotatable bonds is 0. The van der Waals surface area contributed by atoms with Gasteiger partial charge in [-0.05, 0) is 0 Å². The Balaban J connectivity index is -0.0000000183. The van der Waals surface area contributed by atoms with Crippen LogP contribution >= 0.6 is 15.6 Å². The number of carboxylic acid groups (broad SMARTS) is 2. The van der Waals surface area contributed by atoms with Gasteiger partial charge < -0.3 is 49.6 Å². The standard InChI is InChI=1S/CH2O3.3Na.2H3O4P.H2O/c2-1(3)4;;;;2*1-5(2,3)4;/h(H2,2,3,4);;;;2*(H3,1,2,3,4);1H2/q;3*+1;;;/p-3. The predicted molar refractivity (Wildman–Crippen MR) is 36.7 cm³/mol. The fourth-order valence-corrected chi connectivity index (χ4v) is 0. The Hall–Kier alpha value is 2.45. The Morgan fingerprint density at radius 1 is 0.833 bits per heavy atom. The molecule has 0 aliphatic rings. The molecular formula is CH7Na3O12P2. The number of hydrogen-bond donors (Lipinski definition) is 6. The molecule has 12 nitrogen and oxygen atoms in total. The summed E-state index contributed by atoms with van der Waals surface area (Å²) in [6.07, 6.45) is -1.83. The largest absolute Gasteiger partial charge is 1.00 e. The molecule has 0 bridgehead atoms. The summed E-state index contributed by atoms with van der Waals surface area (Å²) < 4.78 is 17.5. The van der Waals surface area contributed by atoms with Gasteiger partial charge in [0.15, 0.2) is 0 Å².